The van der Waals surface area contributed by atoms with Crippen molar-refractivity contribution in [1.29, 1.82) is 0 Å². The van der Waals surface area contributed by atoms with Crippen molar-refractivity contribution >= 4 is 0 Å². The summed E-state index contributed by atoms with van der Waals surface area (Å²) in [6.07, 6.45) is 1.71. The zero-order chi connectivity index (χ0) is 12.9. The average molecular weight is 262 g/mol. The standard InChI is InChI=1S/C15H18O4/c16-14(15(9-19-15)6-12-8-18-12)13-4-2-1-3-10(13)5-11-7-17-11/h1-4,11-12,14,16H,5-9H2. The summed E-state index contributed by atoms with van der Waals surface area (Å²) in [5.74, 6) is 0. The van der Waals surface area contributed by atoms with Crippen LogP contribution < -0.4 is 0 Å². The lowest BCUT2D eigenvalue weighted by Gasteiger charge is -2.21. The molecular weight excluding hydrogens is 244 g/mol. The Bertz CT molecular complexity index is 475. The van der Waals surface area contributed by atoms with Crippen molar-refractivity contribution in [3.63, 3.8) is 0 Å². The van der Waals surface area contributed by atoms with Gasteiger partial charge < -0.3 is 19.3 Å². The number of epoxide rings is 3. The minimum atomic E-state index is -0.563. The lowest BCUT2D eigenvalue weighted by atomic mass is 9.88. The molecule has 3 fully saturated rings. The van der Waals surface area contributed by atoms with Gasteiger partial charge in [-0.2, -0.15) is 0 Å². The van der Waals surface area contributed by atoms with E-state index in [1.165, 1.54) is 5.56 Å². The highest BCUT2D eigenvalue weighted by Crippen LogP contribution is 2.46. The SMILES string of the molecule is OC(c1ccccc1CC1CO1)C1(CC2CO2)CO1. The van der Waals surface area contributed by atoms with Crippen molar-refractivity contribution in [3.8, 4) is 0 Å². The maximum absolute atomic E-state index is 10.7. The molecule has 4 heteroatoms. The van der Waals surface area contributed by atoms with E-state index in [-0.39, 0.29) is 6.10 Å². The van der Waals surface area contributed by atoms with Crippen LogP contribution in [0.2, 0.25) is 0 Å². The predicted molar refractivity (Wildman–Crippen MR) is 67.9 cm³/mol. The molecule has 3 aliphatic rings. The Labute approximate surface area is 112 Å². The van der Waals surface area contributed by atoms with Crippen LogP contribution >= 0.6 is 0 Å². The molecule has 0 aromatic heterocycles. The van der Waals surface area contributed by atoms with Crippen molar-refractivity contribution in [2.45, 2.75) is 36.8 Å². The Balaban J connectivity index is 1.56. The largest absolute Gasteiger partial charge is 0.385 e. The zero-order valence-electron chi connectivity index (χ0n) is 10.7. The summed E-state index contributed by atoms with van der Waals surface area (Å²) in [5, 5.41) is 10.7. The van der Waals surface area contributed by atoms with Crippen LogP contribution in [0.5, 0.6) is 0 Å². The van der Waals surface area contributed by atoms with Crippen LogP contribution in [0.25, 0.3) is 0 Å². The molecule has 4 nitrogen and oxygen atoms in total. The lowest BCUT2D eigenvalue weighted by Crippen LogP contribution is -2.25. The minimum Gasteiger partial charge on any atom is -0.385 e. The summed E-state index contributed by atoms with van der Waals surface area (Å²) in [5.41, 5.74) is 1.74. The van der Waals surface area contributed by atoms with Gasteiger partial charge in [0.25, 0.3) is 0 Å². The van der Waals surface area contributed by atoms with Gasteiger partial charge in [0.1, 0.15) is 11.7 Å². The molecule has 1 aromatic carbocycles. The molecule has 4 unspecified atom stereocenters. The molecule has 1 aromatic rings. The van der Waals surface area contributed by atoms with Crippen LogP contribution in [-0.4, -0.2) is 42.7 Å². The predicted octanol–water partition coefficient (Wildman–Crippen LogP) is 1.22. The Morgan fingerprint density at radius 1 is 1.21 bits per heavy atom. The summed E-state index contributed by atoms with van der Waals surface area (Å²) >= 11 is 0. The van der Waals surface area contributed by atoms with E-state index < -0.39 is 11.7 Å². The van der Waals surface area contributed by atoms with E-state index in [1.807, 2.05) is 18.2 Å². The van der Waals surface area contributed by atoms with Crippen molar-refractivity contribution in [1.82, 2.24) is 0 Å². The van der Waals surface area contributed by atoms with Gasteiger partial charge in [0.05, 0.1) is 32.0 Å². The third-order valence-corrected chi connectivity index (χ3v) is 4.19. The first-order valence-electron chi connectivity index (χ1n) is 6.90. The van der Waals surface area contributed by atoms with Gasteiger partial charge in [0.2, 0.25) is 0 Å². The number of rotatable bonds is 6. The highest BCUT2D eigenvalue weighted by Gasteiger charge is 2.55. The van der Waals surface area contributed by atoms with Gasteiger partial charge in [0, 0.05) is 12.8 Å². The van der Waals surface area contributed by atoms with Crippen LogP contribution in [0.1, 0.15) is 23.7 Å². The fourth-order valence-electron chi connectivity index (χ4n) is 2.75. The minimum absolute atomic E-state index is 0.274. The molecule has 0 amide bonds. The summed E-state index contributed by atoms with van der Waals surface area (Å²) in [7, 11) is 0. The molecule has 4 rings (SSSR count). The number of aliphatic hydroxyl groups is 1. The summed E-state index contributed by atoms with van der Waals surface area (Å²) in [6.45, 7) is 2.26. The van der Waals surface area contributed by atoms with Crippen LogP contribution in [0.15, 0.2) is 24.3 Å². The van der Waals surface area contributed by atoms with E-state index in [1.54, 1.807) is 0 Å². The van der Waals surface area contributed by atoms with Gasteiger partial charge >= 0.3 is 0 Å². The van der Waals surface area contributed by atoms with Crippen molar-refractivity contribution in [3.05, 3.63) is 35.4 Å². The molecule has 19 heavy (non-hydrogen) atoms. The van der Waals surface area contributed by atoms with Crippen molar-refractivity contribution in [2.24, 2.45) is 0 Å². The number of ether oxygens (including phenoxy) is 3. The maximum atomic E-state index is 10.7. The van der Waals surface area contributed by atoms with Crippen LogP contribution in [-0.2, 0) is 20.6 Å². The molecule has 3 saturated heterocycles. The van der Waals surface area contributed by atoms with E-state index in [2.05, 4.69) is 6.07 Å². The fourth-order valence-corrected chi connectivity index (χ4v) is 2.75. The third-order valence-electron chi connectivity index (χ3n) is 4.19. The van der Waals surface area contributed by atoms with Crippen molar-refractivity contribution in [2.75, 3.05) is 19.8 Å². The second-order valence-electron chi connectivity index (χ2n) is 5.77. The summed E-state index contributed by atoms with van der Waals surface area (Å²) in [4.78, 5) is 0. The Morgan fingerprint density at radius 3 is 2.53 bits per heavy atom. The first-order chi connectivity index (χ1) is 9.27. The van der Waals surface area contributed by atoms with Gasteiger partial charge in [-0.1, -0.05) is 24.3 Å². The molecular formula is C15H18O4. The van der Waals surface area contributed by atoms with Crippen LogP contribution in [0.4, 0.5) is 0 Å². The van der Waals surface area contributed by atoms with E-state index in [0.717, 1.165) is 31.6 Å². The highest BCUT2D eigenvalue weighted by atomic mass is 16.6. The van der Waals surface area contributed by atoms with Crippen molar-refractivity contribution < 1.29 is 19.3 Å². The first-order valence-corrected chi connectivity index (χ1v) is 6.90. The van der Waals surface area contributed by atoms with E-state index in [0.29, 0.717) is 12.7 Å². The van der Waals surface area contributed by atoms with E-state index in [4.69, 9.17) is 14.2 Å². The smallest absolute Gasteiger partial charge is 0.124 e. The molecule has 102 valence electrons. The second kappa shape index (κ2) is 4.28. The third kappa shape index (κ3) is 2.41. The molecule has 1 N–H and O–H groups in total. The van der Waals surface area contributed by atoms with Gasteiger partial charge in [-0.25, -0.2) is 0 Å². The van der Waals surface area contributed by atoms with Crippen LogP contribution in [0, 0.1) is 0 Å². The highest BCUT2D eigenvalue weighted by molar-refractivity contribution is 5.33. The van der Waals surface area contributed by atoms with Crippen LogP contribution in [0.3, 0.4) is 0 Å². The zero-order valence-corrected chi connectivity index (χ0v) is 10.7. The second-order valence-corrected chi connectivity index (χ2v) is 5.77. The molecule has 0 bridgehead atoms. The van der Waals surface area contributed by atoms with E-state index >= 15 is 0 Å². The number of hydrogen-bond donors (Lipinski definition) is 1. The maximum Gasteiger partial charge on any atom is 0.124 e. The number of benzene rings is 1. The van der Waals surface area contributed by atoms with Gasteiger partial charge in [0.15, 0.2) is 0 Å². The van der Waals surface area contributed by atoms with Gasteiger partial charge in [-0.3, -0.25) is 0 Å². The van der Waals surface area contributed by atoms with Gasteiger partial charge in [-0.05, 0) is 11.1 Å². The number of aliphatic hydroxyl groups excluding tert-OH is 1. The quantitative estimate of drug-likeness (QED) is 0.783. The van der Waals surface area contributed by atoms with E-state index in [9.17, 15) is 5.11 Å². The first kappa shape index (κ1) is 11.9. The Morgan fingerprint density at radius 2 is 1.89 bits per heavy atom. The summed E-state index contributed by atoms with van der Waals surface area (Å²) in [6, 6.07) is 8.06. The fraction of sp³-hybridized carbons (Fsp3) is 0.600. The number of hydrogen-bond acceptors (Lipinski definition) is 4. The summed E-state index contributed by atoms with van der Waals surface area (Å²) < 4.78 is 16.1. The molecule has 0 radical (unpaired) electrons. The topological polar surface area (TPSA) is 57.8 Å². The average Bonchev–Trinajstić information content (AvgIpc) is 3.23. The molecule has 0 saturated carbocycles. The molecule has 0 spiro atoms. The molecule has 3 heterocycles. The molecule has 0 aliphatic carbocycles. The molecule has 4 atom stereocenters. The Hall–Kier alpha value is -0.940. The van der Waals surface area contributed by atoms with Gasteiger partial charge in [-0.15, -0.1) is 0 Å². The normalized spacial score (nSPS) is 36.9. The molecule has 3 aliphatic heterocycles. The Kier molecular flexibility index (Phi) is 2.67. The monoisotopic (exact) mass is 262 g/mol. The lowest BCUT2D eigenvalue weighted by molar-refractivity contribution is 0.0632.